The normalized spacial score (nSPS) is 13.3. The summed E-state index contributed by atoms with van der Waals surface area (Å²) in [4.78, 5) is 25.3. The van der Waals surface area contributed by atoms with Crippen LogP contribution in [-0.4, -0.2) is 44.4 Å². The van der Waals surface area contributed by atoms with Crippen LogP contribution in [0.25, 0.3) is 0 Å². The summed E-state index contributed by atoms with van der Waals surface area (Å²) in [6.45, 7) is 5.23. The van der Waals surface area contributed by atoms with E-state index in [1.807, 2.05) is 38.3 Å². The lowest BCUT2D eigenvalue weighted by Crippen LogP contribution is -2.44. The Balaban J connectivity index is 2.08. The number of carbonyl (C=O) groups excluding carboxylic acids is 2. The molecule has 7 nitrogen and oxygen atoms in total. The summed E-state index contributed by atoms with van der Waals surface area (Å²) in [7, 11) is -3.91. The molecule has 0 bridgehead atoms. The van der Waals surface area contributed by atoms with Crippen molar-refractivity contribution in [1.29, 1.82) is 0 Å². The van der Waals surface area contributed by atoms with Crippen molar-refractivity contribution in [3.05, 3.63) is 59.7 Å². The Hall–Kier alpha value is -2.36. The first-order chi connectivity index (χ1) is 14.6. The largest absolute Gasteiger partial charge is 0.451 e. The maximum atomic E-state index is 12.7. The first-order valence-electron chi connectivity index (χ1n) is 9.79. The van der Waals surface area contributed by atoms with Crippen LogP contribution in [0.3, 0.4) is 0 Å². The number of anilines is 1. The van der Waals surface area contributed by atoms with Crippen molar-refractivity contribution >= 4 is 39.3 Å². The Morgan fingerprint density at radius 2 is 1.77 bits per heavy atom. The van der Waals surface area contributed by atoms with Gasteiger partial charge in [-0.05, 0) is 68.5 Å². The van der Waals surface area contributed by atoms with Gasteiger partial charge in [0.25, 0.3) is 5.91 Å². The van der Waals surface area contributed by atoms with E-state index in [-0.39, 0.29) is 11.3 Å². The Labute approximate surface area is 188 Å². The number of rotatable bonds is 10. The molecule has 1 amide bonds. The average Bonchev–Trinajstić information content (AvgIpc) is 2.74. The van der Waals surface area contributed by atoms with Gasteiger partial charge in [-0.1, -0.05) is 30.3 Å². The van der Waals surface area contributed by atoms with Crippen molar-refractivity contribution < 1.29 is 22.7 Å². The number of hydrogen-bond acceptors (Lipinski definition) is 6. The molecule has 31 heavy (non-hydrogen) atoms. The SMILES string of the molecule is CSCCC(NS(=O)(=O)c1ccccc1)C(=O)OC(C)C(=O)Nc1cc(C)ccc1C. The van der Waals surface area contributed by atoms with Crippen LogP contribution in [0.4, 0.5) is 5.69 Å². The minimum atomic E-state index is -3.91. The number of ether oxygens (including phenoxy) is 1. The van der Waals surface area contributed by atoms with E-state index in [0.717, 1.165) is 11.1 Å². The summed E-state index contributed by atoms with van der Waals surface area (Å²) in [6, 6.07) is 12.3. The highest BCUT2D eigenvalue weighted by atomic mass is 32.2. The highest BCUT2D eigenvalue weighted by molar-refractivity contribution is 7.98. The first-order valence-corrected chi connectivity index (χ1v) is 12.7. The Morgan fingerprint density at radius 3 is 2.42 bits per heavy atom. The fraction of sp³-hybridized carbons (Fsp3) is 0.364. The van der Waals surface area contributed by atoms with Gasteiger partial charge < -0.3 is 10.1 Å². The molecular formula is C22H28N2O5S2. The third kappa shape index (κ3) is 7.37. The smallest absolute Gasteiger partial charge is 0.324 e. The third-order valence-corrected chi connectivity index (χ3v) is 6.69. The zero-order chi connectivity index (χ0) is 23.0. The van der Waals surface area contributed by atoms with Gasteiger partial charge in [0.15, 0.2) is 6.10 Å². The number of nitrogens with one attached hydrogen (secondary N) is 2. The summed E-state index contributed by atoms with van der Waals surface area (Å²) < 4.78 is 33.0. The molecule has 2 unspecified atom stereocenters. The highest BCUT2D eigenvalue weighted by Gasteiger charge is 2.29. The molecule has 0 aliphatic carbocycles. The molecule has 9 heteroatoms. The van der Waals surface area contributed by atoms with Gasteiger partial charge in [-0.2, -0.15) is 16.5 Å². The predicted molar refractivity (Wildman–Crippen MR) is 124 cm³/mol. The molecule has 0 fully saturated rings. The zero-order valence-electron chi connectivity index (χ0n) is 18.0. The fourth-order valence-electron chi connectivity index (χ4n) is 2.73. The van der Waals surface area contributed by atoms with E-state index in [0.29, 0.717) is 11.4 Å². The van der Waals surface area contributed by atoms with Crippen molar-refractivity contribution in [1.82, 2.24) is 4.72 Å². The number of aryl methyl sites for hydroxylation is 2. The Kier molecular flexibility index (Phi) is 9.09. The molecule has 0 radical (unpaired) electrons. The quantitative estimate of drug-likeness (QED) is 0.523. The molecule has 2 N–H and O–H groups in total. The van der Waals surface area contributed by atoms with Gasteiger partial charge in [-0.3, -0.25) is 9.59 Å². The van der Waals surface area contributed by atoms with Crippen molar-refractivity contribution in [2.24, 2.45) is 0 Å². The van der Waals surface area contributed by atoms with E-state index < -0.39 is 34.0 Å². The van der Waals surface area contributed by atoms with Gasteiger partial charge in [-0.15, -0.1) is 0 Å². The van der Waals surface area contributed by atoms with Crippen molar-refractivity contribution in [2.45, 2.75) is 44.2 Å². The van der Waals surface area contributed by atoms with Crippen LogP contribution in [0.2, 0.25) is 0 Å². The standard InChI is InChI=1S/C22H28N2O5S2/c1-15-10-11-16(2)20(14-15)23-21(25)17(3)29-22(26)19(12-13-30-4)24-31(27,28)18-8-6-5-7-9-18/h5-11,14,17,19,24H,12-13H2,1-4H3,(H,23,25). The van der Waals surface area contributed by atoms with Gasteiger partial charge in [-0.25, -0.2) is 8.42 Å². The minimum absolute atomic E-state index is 0.0534. The molecule has 0 spiro atoms. The fourth-order valence-corrected chi connectivity index (χ4v) is 4.44. The van der Waals surface area contributed by atoms with Crippen molar-refractivity contribution in [3.63, 3.8) is 0 Å². The van der Waals surface area contributed by atoms with Gasteiger partial charge in [0, 0.05) is 5.69 Å². The van der Waals surface area contributed by atoms with E-state index in [1.54, 1.807) is 18.2 Å². The van der Waals surface area contributed by atoms with Crippen LogP contribution in [0.1, 0.15) is 24.5 Å². The van der Waals surface area contributed by atoms with Crippen LogP contribution in [0.5, 0.6) is 0 Å². The van der Waals surface area contributed by atoms with Crippen molar-refractivity contribution in [2.75, 3.05) is 17.3 Å². The number of hydrogen-bond donors (Lipinski definition) is 2. The van der Waals surface area contributed by atoms with E-state index in [2.05, 4.69) is 10.0 Å². The second-order valence-electron chi connectivity index (χ2n) is 7.16. The highest BCUT2D eigenvalue weighted by Crippen LogP contribution is 2.17. The molecule has 2 atom stereocenters. The maximum Gasteiger partial charge on any atom is 0.324 e. The molecule has 0 saturated carbocycles. The number of thioether (sulfide) groups is 1. The van der Waals surface area contributed by atoms with Gasteiger partial charge in [0.1, 0.15) is 6.04 Å². The third-order valence-electron chi connectivity index (χ3n) is 4.56. The monoisotopic (exact) mass is 464 g/mol. The molecule has 0 aliphatic heterocycles. The second-order valence-corrected chi connectivity index (χ2v) is 9.85. The number of carbonyl (C=O) groups is 2. The van der Waals surface area contributed by atoms with Crippen molar-refractivity contribution in [3.8, 4) is 0 Å². The van der Waals surface area contributed by atoms with Crippen LogP contribution in [0.15, 0.2) is 53.4 Å². The summed E-state index contributed by atoms with van der Waals surface area (Å²) in [5.41, 5.74) is 2.50. The van der Waals surface area contributed by atoms with E-state index in [9.17, 15) is 18.0 Å². The molecular weight excluding hydrogens is 436 g/mol. The van der Waals surface area contributed by atoms with E-state index >= 15 is 0 Å². The molecule has 168 valence electrons. The number of esters is 1. The molecule has 0 heterocycles. The van der Waals surface area contributed by atoms with Gasteiger partial charge in [0.2, 0.25) is 10.0 Å². The zero-order valence-corrected chi connectivity index (χ0v) is 19.7. The predicted octanol–water partition coefficient (Wildman–Crippen LogP) is 3.27. The Morgan fingerprint density at radius 1 is 1.10 bits per heavy atom. The Bertz CT molecular complexity index is 1010. The van der Waals surface area contributed by atoms with E-state index in [1.165, 1.54) is 30.8 Å². The minimum Gasteiger partial charge on any atom is -0.451 e. The summed E-state index contributed by atoms with van der Waals surface area (Å²) in [5.74, 6) is -0.742. The lowest BCUT2D eigenvalue weighted by Gasteiger charge is -2.20. The van der Waals surface area contributed by atoms with Crippen LogP contribution >= 0.6 is 11.8 Å². The lowest BCUT2D eigenvalue weighted by atomic mass is 10.1. The lowest BCUT2D eigenvalue weighted by molar-refractivity contribution is -0.154. The molecule has 0 aromatic heterocycles. The second kappa shape index (κ2) is 11.3. The number of sulfonamides is 1. The summed E-state index contributed by atoms with van der Waals surface area (Å²) in [5, 5.41) is 2.75. The molecule has 0 aliphatic rings. The summed E-state index contributed by atoms with van der Waals surface area (Å²) in [6.07, 6.45) is 0.997. The van der Waals surface area contributed by atoms with Crippen LogP contribution < -0.4 is 10.0 Å². The summed E-state index contributed by atoms with van der Waals surface area (Å²) >= 11 is 1.48. The van der Waals surface area contributed by atoms with E-state index in [4.69, 9.17) is 4.74 Å². The maximum absolute atomic E-state index is 12.7. The van der Waals surface area contributed by atoms with Crippen LogP contribution in [0, 0.1) is 13.8 Å². The van der Waals surface area contributed by atoms with Crippen LogP contribution in [-0.2, 0) is 24.3 Å². The molecule has 2 aromatic carbocycles. The number of amides is 1. The number of benzene rings is 2. The topological polar surface area (TPSA) is 102 Å². The average molecular weight is 465 g/mol. The molecule has 2 aromatic rings. The van der Waals surface area contributed by atoms with Gasteiger partial charge in [0.05, 0.1) is 4.90 Å². The first kappa shape index (κ1) is 24.9. The molecule has 0 saturated heterocycles. The van der Waals surface area contributed by atoms with Gasteiger partial charge >= 0.3 is 5.97 Å². The molecule has 2 rings (SSSR count).